The number of aliphatic imine (C=N–C) groups is 1. The van der Waals surface area contributed by atoms with Gasteiger partial charge in [-0.15, -0.1) is 0 Å². The lowest BCUT2D eigenvalue weighted by Gasteiger charge is -2.41. The molecule has 3 aromatic rings. The summed E-state index contributed by atoms with van der Waals surface area (Å²) >= 11 is 0. The Morgan fingerprint density at radius 3 is 3.04 bits per heavy atom. The summed E-state index contributed by atoms with van der Waals surface area (Å²) in [5.41, 5.74) is 8.43. The van der Waals surface area contributed by atoms with E-state index >= 15 is 0 Å². The number of aromatic nitrogens is 5. The Balaban J connectivity index is 1.82. The molecule has 0 spiro atoms. The van der Waals surface area contributed by atoms with Crippen LogP contribution in [0.15, 0.2) is 42.0 Å². The van der Waals surface area contributed by atoms with Crippen LogP contribution in [0.4, 0.5) is 0 Å². The summed E-state index contributed by atoms with van der Waals surface area (Å²) in [5.74, 6) is 0.703. The van der Waals surface area contributed by atoms with E-state index in [1.807, 2.05) is 27.5 Å². The highest BCUT2D eigenvalue weighted by Crippen LogP contribution is 2.28. The van der Waals surface area contributed by atoms with Crippen molar-refractivity contribution in [3.05, 3.63) is 42.7 Å². The molecule has 3 aromatic heterocycles. The highest BCUT2D eigenvalue weighted by Gasteiger charge is 2.39. The SMILES string of the molecule is CN=CC(=CN)c1cc2nccn2c(-c2cnn(C3(CC#N)CNC3)c2)n1. The number of fused-ring (bicyclic) bond motifs is 1. The molecule has 1 aliphatic heterocycles. The van der Waals surface area contributed by atoms with Crippen molar-refractivity contribution < 1.29 is 0 Å². The highest BCUT2D eigenvalue weighted by atomic mass is 15.4. The zero-order valence-electron chi connectivity index (χ0n) is 14.9. The van der Waals surface area contributed by atoms with E-state index in [0.29, 0.717) is 23.5 Å². The summed E-state index contributed by atoms with van der Waals surface area (Å²) in [6, 6.07) is 4.12. The third-order valence-corrected chi connectivity index (χ3v) is 4.78. The fourth-order valence-electron chi connectivity index (χ4n) is 3.23. The Bertz CT molecular complexity index is 1080. The van der Waals surface area contributed by atoms with E-state index in [4.69, 9.17) is 16.0 Å². The predicted molar refractivity (Wildman–Crippen MR) is 102 cm³/mol. The van der Waals surface area contributed by atoms with Crippen LogP contribution in [0.5, 0.6) is 0 Å². The van der Waals surface area contributed by atoms with Gasteiger partial charge in [0.1, 0.15) is 17.0 Å². The molecule has 0 radical (unpaired) electrons. The molecule has 1 saturated heterocycles. The fourth-order valence-corrected chi connectivity index (χ4v) is 3.23. The first-order chi connectivity index (χ1) is 13.2. The summed E-state index contributed by atoms with van der Waals surface area (Å²) in [5, 5.41) is 16.9. The molecule has 4 heterocycles. The summed E-state index contributed by atoms with van der Waals surface area (Å²) in [6.45, 7) is 1.45. The number of nitrogens with two attached hydrogens (primary N) is 1. The quantitative estimate of drug-likeness (QED) is 0.648. The molecule has 27 heavy (non-hydrogen) atoms. The monoisotopic (exact) mass is 361 g/mol. The van der Waals surface area contributed by atoms with Gasteiger partial charge in [0.2, 0.25) is 0 Å². The molecule has 0 unspecified atom stereocenters. The van der Waals surface area contributed by atoms with E-state index in [1.54, 1.807) is 25.7 Å². The fraction of sp³-hybridized carbons (Fsp3) is 0.278. The van der Waals surface area contributed by atoms with Crippen LogP contribution in [0.1, 0.15) is 12.1 Å². The maximum Gasteiger partial charge on any atom is 0.149 e. The van der Waals surface area contributed by atoms with Crippen LogP contribution in [0, 0.1) is 11.3 Å². The topological polar surface area (TPSA) is 122 Å². The molecule has 9 heteroatoms. The van der Waals surface area contributed by atoms with Crippen LogP contribution in [-0.4, -0.2) is 50.5 Å². The van der Waals surface area contributed by atoms with Gasteiger partial charge in [-0.05, 0) is 0 Å². The van der Waals surface area contributed by atoms with Crippen molar-refractivity contribution in [2.24, 2.45) is 10.7 Å². The molecule has 1 fully saturated rings. The second kappa shape index (κ2) is 6.66. The molecule has 0 saturated carbocycles. The van der Waals surface area contributed by atoms with Crippen molar-refractivity contribution in [3.63, 3.8) is 0 Å². The van der Waals surface area contributed by atoms with Gasteiger partial charge in [0.05, 0.1) is 29.9 Å². The van der Waals surface area contributed by atoms with Crippen molar-refractivity contribution in [3.8, 4) is 17.5 Å². The molecule has 3 N–H and O–H groups in total. The third-order valence-electron chi connectivity index (χ3n) is 4.78. The molecule has 0 bridgehead atoms. The van der Waals surface area contributed by atoms with Gasteiger partial charge in [-0.3, -0.25) is 14.1 Å². The zero-order valence-corrected chi connectivity index (χ0v) is 14.9. The maximum absolute atomic E-state index is 9.17. The predicted octanol–water partition coefficient (Wildman–Crippen LogP) is 0.805. The molecule has 0 atom stereocenters. The first kappa shape index (κ1) is 16.9. The number of nitriles is 1. The van der Waals surface area contributed by atoms with E-state index in [0.717, 1.165) is 24.3 Å². The van der Waals surface area contributed by atoms with Gasteiger partial charge >= 0.3 is 0 Å². The van der Waals surface area contributed by atoms with Gasteiger partial charge in [-0.25, -0.2) is 9.97 Å². The van der Waals surface area contributed by atoms with Crippen LogP contribution in [0.25, 0.3) is 22.6 Å². The second-order valence-electron chi connectivity index (χ2n) is 6.47. The molecule has 136 valence electrons. The van der Waals surface area contributed by atoms with Crippen molar-refractivity contribution in [2.75, 3.05) is 20.1 Å². The smallest absolute Gasteiger partial charge is 0.149 e. The maximum atomic E-state index is 9.17. The largest absolute Gasteiger partial charge is 0.404 e. The minimum atomic E-state index is -0.296. The Labute approximate surface area is 155 Å². The molecule has 4 rings (SSSR count). The lowest BCUT2D eigenvalue weighted by molar-refractivity contribution is 0.160. The Hall–Kier alpha value is -3.51. The van der Waals surface area contributed by atoms with E-state index in [9.17, 15) is 0 Å². The average Bonchev–Trinajstić information content (AvgIpc) is 3.31. The summed E-state index contributed by atoms with van der Waals surface area (Å²) in [4.78, 5) is 13.2. The van der Waals surface area contributed by atoms with Crippen molar-refractivity contribution in [2.45, 2.75) is 12.0 Å². The van der Waals surface area contributed by atoms with Gasteiger partial charge < -0.3 is 11.1 Å². The first-order valence-electron chi connectivity index (χ1n) is 8.52. The Morgan fingerprint density at radius 1 is 1.52 bits per heavy atom. The molecule has 1 aliphatic rings. The van der Waals surface area contributed by atoms with Gasteiger partial charge in [-0.2, -0.15) is 10.4 Å². The number of imidazole rings is 1. The summed E-state index contributed by atoms with van der Waals surface area (Å²) in [7, 11) is 1.68. The van der Waals surface area contributed by atoms with Crippen molar-refractivity contribution >= 4 is 17.4 Å². The molecular weight excluding hydrogens is 342 g/mol. The number of nitrogens with zero attached hydrogens (tertiary/aromatic N) is 7. The normalized spacial score (nSPS) is 16.5. The Kier molecular flexibility index (Phi) is 4.18. The zero-order chi connectivity index (χ0) is 18.9. The van der Waals surface area contributed by atoms with Gasteiger partial charge in [0.25, 0.3) is 0 Å². The van der Waals surface area contributed by atoms with Crippen LogP contribution >= 0.6 is 0 Å². The van der Waals surface area contributed by atoms with Crippen LogP contribution in [-0.2, 0) is 5.54 Å². The van der Waals surface area contributed by atoms with Crippen LogP contribution < -0.4 is 11.1 Å². The number of allylic oxidation sites excluding steroid dienone is 1. The lowest BCUT2D eigenvalue weighted by atomic mass is 9.89. The van der Waals surface area contributed by atoms with Crippen LogP contribution in [0.3, 0.4) is 0 Å². The molecule has 0 aliphatic carbocycles. The van der Waals surface area contributed by atoms with E-state index in [2.05, 4.69) is 26.5 Å². The first-order valence-corrected chi connectivity index (χ1v) is 8.52. The molecular formula is C18H19N9. The third kappa shape index (κ3) is 2.76. The van der Waals surface area contributed by atoms with E-state index in [-0.39, 0.29) is 5.54 Å². The standard InChI is InChI=1S/C18H19N9/c1-21-8-13(7-20)15-6-16-23-4-5-26(16)17(25-15)14-9-24-27(10-14)18(2-3-19)11-22-12-18/h4-10,22H,2,11-12,20H2,1H3. The number of nitrogens with one attached hydrogen (secondary N) is 1. The highest BCUT2D eigenvalue weighted by molar-refractivity contribution is 6.09. The second-order valence-corrected chi connectivity index (χ2v) is 6.47. The molecule has 0 aromatic carbocycles. The minimum absolute atomic E-state index is 0.296. The van der Waals surface area contributed by atoms with Gasteiger partial charge in [0, 0.05) is 62.8 Å². The minimum Gasteiger partial charge on any atom is -0.404 e. The van der Waals surface area contributed by atoms with E-state index in [1.165, 1.54) is 6.20 Å². The van der Waals surface area contributed by atoms with Crippen molar-refractivity contribution in [1.82, 2.24) is 29.5 Å². The van der Waals surface area contributed by atoms with Gasteiger partial charge in [-0.1, -0.05) is 0 Å². The summed E-state index contributed by atoms with van der Waals surface area (Å²) < 4.78 is 3.77. The van der Waals surface area contributed by atoms with Crippen LogP contribution in [0.2, 0.25) is 0 Å². The van der Waals surface area contributed by atoms with Gasteiger partial charge in [0.15, 0.2) is 0 Å². The van der Waals surface area contributed by atoms with Crippen molar-refractivity contribution in [1.29, 1.82) is 5.26 Å². The average molecular weight is 361 g/mol. The summed E-state index contributed by atoms with van der Waals surface area (Å²) in [6.07, 6.45) is 10.8. The Morgan fingerprint density at radius 2 is 2.37 bits per heavy atom. The lowest BCUT2D eigenvalue weighted by Crippen LogP contribution is -2.60. The molecule has 0 amide bonds. The number of hydrogen-bond acceptors (Lipinski definition) is 7. The molecule has 9 nitrogen and oxygen atoms in total. The van der Waals surface area contributed by atoms with E-state index < -0.39 is 0 Å². The number of rotatable bonds is 5. The number of hydrogen-bond donors (Lipinski definition) is 2.